The standard InChI is InChI=1S/C21H31N3O3/c1-5-6-7-8-13-19(25)24(14-15-27-4)16(2)20-22-18-12-10-9-11-17(18)21(26)23(20)3/h9-12,16H,5-8,13-15H2,1-4H3. The molecule has 0 aliphatic heterocycles. The third-order valence-corrected chi connectivity index (χ3v) is 4.96. The van der Waals surface area contributed by atoms with Crippen LogP contribution >= 0.6 is 0 Å². The lowest BCUT2D eigenvalue weighted by Crippen LogP contribution is -2.39. The summed E-state index contributed by atoms with van der Waals surface area (Å²) >= 11 is 0. The zero-order valence-electron chi connectivity index (χ0n) is 16.9. The maximum atomic E-state index is 12.8. The molecule has 148 valence electrons. The van der Waals surface area contributed by atoms with Crippen molar-refractivity contribution < 1.29 is 9.53 Å². The Morgan fingerprint density at radius 3 is 2.70 bits per heavy atom. The van der Waals surface area contributed by atoms with Crippen LogP contribution in [0.25, 0.3) is 10.9 Å². The minimum atomic E-state index is -0.305. The molecule has 27 heavy (non-hydrogen) atoms. The van der Waals surface area contributed by atoms with Gasteiger partial charge in [0, 0.05) is 27.1 Å². The summed E-state index contributed by atoms with van der Waals surface area (Å²) in [5.74, 6) is 0.676. The summed E-state index contributed by atoms with van der Waals surface area (Å²) in [5, 5.41) is 0.588. The fraction of sp³-hybridized carbons (Fsp3) is 0.571. The zero-order chi connectivity index (χ0) is 19.8. The fourth-order valence-electron chi connectivity index (χ4n) is 3.32. The smallest absolute Gasteiger partial charge is 0.261 e. The Kier molecular flexibility index (Phi) is 7.98. The van der Waals surface area contributed by atoms with Gasteiger partial charge in [0.25, 0.3) is 5.56 Å². The van der Waals surface area contributed by atoms with Crippen molar-refractivity contribution >= 4 is 16.8 Å². The van der Waals surface area contributed by atoms with Gasteiger partial charge in [0.1, 0.15) is 5.82 Å². The molecule has 0 radical (unpaired) electrons. The van der Waals surface area contributed by atoms with E-state index in [0.717, 1.165) is 25.7 Å². The molecule has 1 amide bonds. The van der Waals surface area contributed by atoms with E-state index in [1.165, 1.54) is 0 Å². The van der Waals surface area contributed by atoms with Crippen LogP contribution in [0, 0.1) is 0 Å². The van der Waals surface area contributed by atoms with Crippen molar-refractivity contribution in [2.24, 2.45) is 7.05 Å². The Bertz CT molecular complexity index is 816. The molecule has 0 saturated carbocycles. The highest BCUT2D eigenvalue weighted by atomic mass is 16.5. The van der Waals surface area contributed by atoms with Crippen LogP contribution in [0.1, 0.15) is 57.8 Å². The molecule has 2 aromatic rings. The number of hydrogen-bond donors (Lipinski definition) is 0. The van der Waals surface area contributed by atoms with Crippen LogP contribution in [0.4, 0.5) is 0 Å². The number of rotatable bonds is 10. The maximum absolute atomic E-state index is 12.8. The summed E-state index contributed by atoms with van der Waals surface area (Å²) in [7, 11) is 3.34. The van der Waals surface area contributed by atoms with Gasteiger partial charge in [0.15, 0.2) is 0 Å². The number of nitrogens with zero attached hydrogens (tertiary/aromatic N) is 3. The highest BCUT2D eigenvalue weighted by molar-refractivity contribution is 5.78. The average Bonchev–Trinajstić information content (AvgIpc) is 2.68. The van der Waals surface area contributed by atoms with E-state index in [1.807, 2.05) is 25.1 Å². The van der Waals surface area contributed by atoms with Crippen LogP contribution < -0.4 is 5.56 Å². The number of unbranched alkanes of at least 4 members (excludes halogenated alkanes) is 3. The second-order valence-corrected chi connectivity index (χ2v) is 6.92. The molecule has 1 aromatic heterocycles. The first kappa shape index (κ1) is 21.1. The van der Waals surface area contributed by atoms with Crippen molar-refractivity contribution in [3.05, 3.63) is 40.4 Å². The zero-order valence-corrected chi connectivity index (χ0v) is 16.9. The van der Waals surface area contributed by atoms with E-state index in [1.54, 1.807) is 29.7 Å². The summed E-state index contributed by atoms with van der Waals surface area (Å²) in [6.07, 6.45) is 4.73. The van der Waals surface area contributed by atoms with Gasteiger partial charge in [-0.15, -0.1) is 0 Å². The summed E-state index contributed by atoms with van der Waals surface area (Å²) in [5.41, 5.74) is 0.564. The van der Waals surface area contributed by atoms with E-state index in [4.69, 9.17) is 4.74 Å². The number of methoxy groups -OCH3 is 1. The predicted octanol–water partition coefficient (Wildman–Crippen LogP) is 3.44. The van der Waals surface area contributed by atoms with Crippen molar-refractivity contribution in [1.82, 2.24) is 14.5 Å². The van der Waals surface area contributed by atoms with E-state index < -0.39 is 0 Å². The van der Waals surface area contributed by atoms with E-state index in [9.17, 15) is 9.59 Å². The van der Waals surface area contributed by atoms with E-state index in [0.29, 0.717) is 36.3 Å². The van der Waals surface area contributed by atoms with Crippen molar-refractivity contribution in [2.45, 2.75) is 52.0 Å². The molecule has 0 fully saturated rings. The topological polar surface area (TPSA) is 64.4 Å². The number of aromatic nitrogens is 2. The van der Waals surface area contributed by atoms with Crippen LogP contribution in [0.3, 0.4) is 0 Å². The molecule has 1 aromatic carbocycles. The van der Waals surface area contributed by atoms with Gasteiger partial charge >= 0.3 is 0 Å². The van der Waals surface area contributed by atoms with Crippen molar-refractivity contribution in [2.75, 3.05) is 20.3 Å². The van der Waals surface area contributed by atoms with Crippen molar-refractivity contribution in [3.8, 4) is 0 Å². The molecule has 6 heteroatoms. The highest BCUT2D eigenvalue weighted by Crippen LogP contribution is 2.21. The van der Waals surface area contributed by atoms with Gasteiger partial charge in [-0.3, -0.25) is 14.2 Å². The quantitative estimate of drug-likeness (QED) is 0.599. The fourth-order valence-corrected chi connectivity index (χ4v) is 3.32. The second kappa shape index (κ2) is 10.2. The highest BCUT2D eigenvalue weighted by Gasteiger charge is 2.24. The number of para-hydroxylation sites is 1. The van der Waals surface area contributed by atoms with Crippen molar-refractivity contribution in [3.63, 3.8) is 0 Å². The molecule has 0 bridgehead atoms. The van der Waals surface area contributed by atoms with Crippen LogP contribution in [0.2, 0.25) is 0 Å². The summed E-state index contributed by atoms with van der Waals surface area (Å²) < 4.78 is 6.75. The van der Waals surface area contributed by atoms with Gasteiger partial charge < -0.3 is 9.64 Å². The molecular formula is C21H31N3O3. The Labute approximate surface area is 161 Å². The Hall–Kier alpha value is -2.21. The Balaban J connectivity index is 2.30. The predicted molar refractivity (Wildman–Crippen MR) is 108 cm³/mol. The van der Waals surface area contributed by atoms with Gasteiger partial charge in [0.05, 0.1) is 23.6 Å². The van der Waals surface area contributed by atoms with Gasteiger partial charge in [-0.05, 0) is 25.5 Å². The lowest BCUT2D eigenvalue weighted by molar-refractivity contribution is -0.134. The van der Waals surface area contributed by atoms with Gasteiger partial charge in [0.2, 0.25) is 5.91 Å². The minimum absolute atomic E-state index is 0.0815. The average molecular weight is 373 g/mol. The molecule has 0 saturated heterocycles. The van der Waals surface area contributed by atoms with Crippen LogP contribution in [-0.2, 0) is 16.6 Å². The van der Waals surface area contributed by atoms with E-state index >= 15 is 0 Å². The number of amides is 1. The van der Waals surface area contributed by atoms with Gasteiger partial charge in [-0.25, -0.2) is 4.98 Å². The summed E-state index contributed by atoms with van der Waals surface area (Å²) in [6.45, 7) is 5.01. The lowest BCUT2D eigenvalue weighted by Gasteiger charge is -2.30. The molecule has 0 aliphatic rings. The normalized spacial score (nSPS) is 12.3. The number of ether oxygens (including phenoxy) is 1. The second-order valence-electron chi connectivity index (χ2n) is 6.92. The number of carbonyl (C=O) groups is 1. The first-order chi connectivity index (χ1) is 13.0. The van der Waals surface area contributed by atoms with Crippen LogP contribution in [0.5, 0.6) is 0 Å². The first-order valence-electron chi connectivity index (χ1n) is 9.75. The summed E-state index contributed by atoms with van der Waals surface area (Å²) in [4.78, 5) is 32.0. The third-order valence-electron chi connectivity index (χ3n) is 4.96. The monoisotopic (exact) mass is 373 g/mol. The number of fused-ring (bicyclic) bond motifs is 1. The van der Waals surface area contributed by atoms with Gasteiger partial charge in [-0.2, -0.15) is 0 Å². The van der Waals surface area contributed by atoms with Crippen LogP contribution in [0.15, 0.2) is 29.1 Å². The molecular weight excluding hydrogens is 342 g/mol. The first-order valence-corrected chi connectivity index (χ1v) is 9.75. The number of benzene rings is 1. The molecule has 1 heterocycles. The molecule has 6 nitrogen and oxygen atoms in total. The van der Waals surface area contributed by atoms with E-state index in [2.05, 4.69) is 11.9 Å². The minimum Gasteiger partial charge on any atom is -0.383 e. The molecule has 0 aliphatic carbocycles. The van der Waals surface area contributed by atoms with Crippen LogP contribution in [-0.4, -0.2) is 40.6 Å². The SMILES string of the molecule is CCCCCCC(=O)N(CCOC)C(C)c1nc2ccccc2c(=O)n1C. The Morgan fingerprint density at radius 2 is 2.00 bits per heavy atom. The maximum Gasteiger partial charge on any atom is 0.261 e. The molecule has 1 unspecified atom stereocenters. The Morgan fingerprint density at radius 1 is 1.26 bits per heavy atom. The molecule has 0 N–H and O–H groups in total. The van der Waals surface area contributed by atoms with Gasteiger partial charge in [-0.1, -0.05) is 38.3 Å². The van der Waals surface area contributed by atoms with E-state index in [-0.39, 0.29) is 17.5 Å². The third kappa shape index (κ3) is 5.16. The largest absolute Gasteiger partial charge is 0.383 e. The lowest BCUT2D eigenvalue weighted by atomic mass is 10.1. The summed E-state index contributed by atoms with van der Waals surface area (Å²) in [6, 6.07) is 7.00. The number of hydrogen-bond acceptors (Lipinski definition) is 4. The molecule has 2 rings (SSSR count). The number of carbonyl (C=O) groups excluding carboxylic acids is 1. The molecule has 1 atom stereocenters. The molecule has 0 spiro atoms. The van der Waals surface area contributed by atoms with Crippen molar-refractivity contribution in [1.29, 1.82) is 0 Å².